The van der Waals surface area contributed by atoms with Crippen LogP contribution < -0.4 is 0 Å². The van der Waals surface area contributed by atoms with Crippen molar-refractivity contribution in [3.8, 4) is 0 Å². The van der Waals surface area contributed by atoms with Crippen LogP contribution in [0.3, 0.4) is 0 Å². The molecule has 35 heavy (non-hydrogen) atoms. The molecule has 2 N–H and O–H groups in total. The van der Waals surface area contributed by atoms with E-state index in [0.717, 1.165) is 30.4 Å². The van der Waals surface area contributed by atoms with Gasteiger partial charge in [0, 0.05) is 29.4 Å². The molecule has 2 aliphatic heterocycles. The standard InChI is InChI=1S/C29H36O6/c1-14-9-17-10-19-20-13-29(33)12-16-5-8-24(31)35-28(3,4)21(16)6-7-22(29)18(20)11-23(30)25(19)15(2)26(17)34-27(14)32/h5,8-9,12,15,17-18,20-23,26,30,33H,6-7,10-11,13H2,1-4H3/t15-,17+,18+,20+,21+,22-,23-,26-,29+/m0/s1. The van der Waals surface area contributed by atoms with E-state index >= 15 is 0 Å². The second-order valence-electron chi connectivity index (χ2n) is 12.3. The van der Waals surface area contributed by atoms with Gasteiger partial charge < -0.3 is 19.7 Å². The summed E-state index contributed by atoms with van der Waals surface area (Å²) in [6, 6.07) is 0. The second kappa shape index (κ2) is 7.66. The quantitative estimate of drug-likeness (QED) is 0.405. The summed E-state index contributed by atoms with van der Waals surface area (Å²) in [6.07, 6.45) is 10.2. The molecule has 0 aromatic heterocycles. The van der Waals surface area contributed by atoms with Gasteiger partial charge in [-0.25, -0.2) is 9.59 Å². The highest BCUT2D eigenvalue weighted by Gasteiger charge is 2.58. The zero-order chi connectivity index (χ0) is 24.9. The van der Waals surface area contributed by atoms with E-state index in [1.54, 1.807) is 6.92 Å². The smallest absolute Gasteiger partial charge is 0.333 e. The first-order valence-electron chi connectivity index (χ1n) is 13.1. The topological polar surface area (TPSA) is 93.1 Å². The van der Waals surface area contributed by atoms with E-state index in [9.17, 15) is 19.8 Å². The zero-order valence-electron chi connectivity index (χ0n) is 21.0. The van der Waals surface area contributed by atoms with Crippen molar-refractivity contribution in [2.24, 2.45) is 35.5 Å². The first-order chi connectivity index (χ1) is 16.5. The van der Waals surface area contributed by atoms with Gasteiger partial charge in [0.05, 0.1) is 11.7 Å². The molecule has 0 spiro atoms. The molecule has 2 heterocycles. The summed E-state index contributed by atoms with van der Waals surface area (Å²) in [7, 11) is 0. The Kier molecular flexibility index (Phi) is 5.08. The number of hydrogen-bond acceptors (Lipinski definition) is 6. The fraction of sp³-hybridized carbons (Fsp3) is 0.655. The van der Waals surface area contributed by atoms with E-state index in [1.165, 1.54) is 11.6 Å². The van der Waals surface area contributed by atoms with Gasteiger partial charge in [-0.3, -0.25) is 0 Å². The van der Waals surface area contributed by atoms with Crippen molar-refractivity contribution in [3.05, 3.63) is 46.6 Å². The molecule has 9 atom stereocenters. The number of ether oxygens (including phenoxy) is 2. The summed E-state index contributed by atoms with van der Waals surface area (Å²) in [5.74, 6) is -0.0473. The fourth-order valence-corrected chi connectivity index (χ4v) is 8.54. The number of carbonyl (C=O) groups excluding carboxylic acids is 2. The lowest BCUT2D eigenvalue weighted by Gasteiger charge is -2.47. The molecule has 6 rings (SSSR count). The van der Waals surface area contributed by atoms with E-state index in [1.807, 2.05) is 26.0 Å². The summed E-state index contributed by atoms with van der Waals surface area (Å²) >= 11 is 0. The van der Waals surface area contributed by atoms with Gasteiger partial charge in [0.2, 0.25) is 0 Å². The van der Waals surface area contributed by atoms with Crippen LogP contribution in [-0.2, 0) is 19.1 Å². The lowest BCUT2D eigenvalue weighted by Crippen LogP contribution is -2.46. The average Bonchev–Trinajstić information content (AvgIpc) is 2.87. The number of esters is 2. The van der Waals surface area contributed by atoms with Gasteiger partial charge in [-0.1, -0.05) is 24.6 Å². The summed E-state index contributed by atoms with van der Waals surface area (Å²) in [4.78, 5) is 24.4. The molecule has 0 aromatic carbocycles. The second-order valence-corrected chi connectivity index (χ2v) is 12.3. The monoisotopic (exact) mass is 480 g/mol. The maximum Gasteiger partial charge on any atom is 0.333 e. The predicted octanol–water partition coefficient (Wildman–Crippen LogP) is 3.79. The zero-order valence-corrected chi connectivity index (χ0v) is 21.0. The van der Waals surface area contributed by atoms with Crippen molar-refractivity contribution >= 4 is 11.9 Å². The molecular weight excluding hydrogens is 444 g/mol. The Bertz CT molecular complexity index is 1110. The van der Waals surface area contributed by atoms with E-state index in [4.69, 9.17) is 9.47 Å². The minimum Gasteiger partial charge on any atom is -0.458 e. The Balaban J connectivity index is 1.39. The first kappa shape index (κ1) is 23.2. The van der Waals surface area contributed by atoms with E-state index in [0.29, 0.717) is 18.4 Å². The number of carbonyl (C=O) groups is 2. The molecule has 0 bridgehead atoms. The predicted molar refractivity (Wildman–Crippen MR) is 129 cm³/mol. The molecule has 6 heteroatoms. The van der Waals surface area contributed by atoms with Crippen molar-refractivity contribution in [2.75, 3.05) is 0 Å². The van der Waals surface area contributed by atoms with Gasteiger partial charge >= 0.3 is 11.9 Å². The number of hydrogen-bond donors (Lipinski definition) is 2. The van der Waals surface area contributed by atoms with E-state index in [-0.39, 0.29) is 53.6 Å². The largest absolute Gasteiger partial charge is 0.458 e. The molecule has 0 radical (unpaired) electrons. The SMILES string of the molecule is CC1=C[C@@H]2CC3=C([C@@H](O)C[C@@H]4[C@H]3C[C@]3(O)C=C5C=CC(=O)OC(C)(C)[C@@H]5CC[C@@H]43)[C@H](C)[C@@H]2OC1=O. The van der Waals surface area contributed by atoms with Gasteiger partial charge in [0.25, 0.3) is 0 Å². The molecular formula is C29H36O6. The molecule has 4 aliphatic carbocycles. The van der Waals surface area contributed by atoms with Crippen LogP contribution in [0.4, 0.5) is 0 Å². The van der Waals surface area contributed by atoms with Crippen molar-refractivity contribution in [1.29, 1.82) is 0 Å². The minimum absolute atomic E-state index is 0.0297. The maximum atomic E-state index is 12.2. The summed E-state index contributed by atoms with van der Waals surface area (Å²) in [5, 5.41) is 23.5. The molecule has 0 aromatic rings. The highest BCUT2D eigenvalue weighted by Crippen LogP contribution is 2.60. The van der Waals surface area contributed by atoms with E-state index < -0.39 is 17.3 Å². The maximum absolute atomic E-state index is 12.2. The number of cyclic esters (lactones) is 1. The van der Waals surface area contributed by atoms with Crippen LogP contribution in [0, 0.1) is 35.5 Å². The number of aliphatic hydroxyl groups excluding tert-OH is 1. The Morgan fingerprint density at radius 2 is 1.91 bits per heavy atom. The Morgan fingerprint density at radius 3 is 2.69 bits per heavy atom. The minimum atomic E-state index is -0.986. The third-order valence-corrected chi connectivity index (χ3v) is 9.99. The highest BCUT2D eigenvalue weighted by molar-refractivity contribution is 5.89. The van der Waals surface area contributed by atoms with Crippen molar-refractivity contribution in [1.82, 2.24) is 0 Å². The summed E-state index contributed by atoms with van der Waals surface area (Å²) in [6.45, 7) is 7.79. The van der Waals surface area contributed by atoms with Gasteiger partial charge in [-0.15, -0.1) is 0 Å². The van der Waals surface area contributed by atoms with E-state index in [2.05, 4.69) is 13.0 Å². The number of rotatable bonds is 0. The molecule has 0 unspecified atom stereocenters. The van der Waals surface area contributed by atoms with Crippen LogP contribution in [-0.4, -0.2) is 45.6 Å². The molecule has 0 saturated heterocycles. The average molecular weight is 481 g/mol. The fourth-order valence-electron chi connectivity index (χ4n) is 8.54. The molecule has 0 amide bonds. The van der Waals surface area contributed by atoms with Crippen molar-refractivity contribution < 1.29 is 29.3 Å². The Hall–Kier alpha value is -2.18. The lowest BCUT2D eigenvalue weighted by atomic mass is 9.62. The van der Waals surface area contributed by atoms with Crippen molar-refractivity contribution in [2.45, 2.75) is 83.2 Å². The highest BCUT2D eigenvalue weighted by atomic mass is 16.6. The molecule has 6 aliphatic rings. The lowest BCUT2D eigenvalue weighted by molar-refractivity contribution is -0.153. The molecule has 1 fully saturated rings. The van der Waals surface area contributed by atoms with Gasteiger partial charge in [-0.2, -0.15) is 0 Å². The molecule has 6 nitrogen and oxygen atoms in total. The summed E-state index contributed by atoms with van der Waals surface area (Å²) in [5.41, 5.74) is 2.32. The molecule has 1 saturated carbocycles. The number of fused-ring (bicyclic) bond motifs is 6. The molecule has 188 valence electrons. The van der Waals surface area contributed by atoms with Crippen LogP contribution in [0.5, 0.6) is 0 Å². The Morgan fingerprint density at radius 1 is 1.14 bits per heavy atom. The van der Waals surface area contributed by atoms with Crippen LogP contribution >= 0.6 is 0 Å². The van der Waals surface area contributed by atoms with Crippen LogP contribution in [0.25, 0.3) is 0 Å². The van der Waals surface area contributed by atoms with Crippen LogP contribution in [0.15, 0.2) is 46.6 Å². The van der Waals surface area contributed by atoms with Gasteiger partial charge in [0.15, 0.2) is 0 Å². The first-order valence-corrected chi connectivity index (χ1v) is 13.1. The number of aliphatic hydroxyl groups is 2. The summed E-state index contributed by atoms with van der Waals surface area (Å²) < 4.78 is 11.5. The van der Waals surface area contributed by atoms with Crippen LogP contribution in [0.2, 0.25) is 0 Å². The van der Waals surface area contributed by atoms with Gasteiger partial charge in [0.1, 0.15) is 11.7 Å². The third-order valence-electron chi connectivity index (χ3n) is 9.99. The van der Waals surface area contributed by atoms with Gasteiger partial charge in [-0.05, 0) is 87.9 Å². The van der Waals surface area contributed by atoms with Crippen LogP contribution in [0.1, 0.15) is 59.8 Å². The Labute approximate surface area is 206 Å². The third kappa shape index (κ3) is 3.43. The van der Waals surface area contributed by atoms with Crippen molar-refractivity contribution in [3.63, 3.8) is 0 Å². The number of allylic oxidation sites excluding steroid dienone is 2. The normalized spacial score (nSPS) is 45.9.